The van der Waals surface area contributed by atoms with Crippen molar-refractivity contribution in [3.63, 3.8) is 0 Å². The third-order valence-electron chi connectivity index (χ3n) is 8.70. The van der Waals surface area contributed by atoms with Crippen LogP contribution in [0.25, 0.3) is 0 Å². The smallest absolute Gasteiger partial charge is 0.315 e. The Morgan fingerprint density at radius 2 is 1.80 bits per heavy atom. The summed E-state index contributed by atoms with van der Waals surface area (Å²) in [7, 11) is 3.04. The largest absolute Gasteiger partial charge is 0.496 e. The molecule has 2 aliphatic carbocycles. The Morgan fingerprint density at radius 1 is 1.05 bits per heavy atom. The van der Waals surface area contributed by atoms with Gasteiger partial charge >= 0.3 is 6.03 Å². The topological polar surface area (TPSA) is 89.0 Å². The maximum absolute atomic E-state index is 14.6. The summed E-state index contributed by atoms with van der Waals surface area (Å²) >= 11 is 6.27. The van der Waals surface area contributed by atoms with Crippen LogP contribution in [0.15, 0.2) is 60.7 Å². The van der Waals surface area contributed by atoms with Gasteiger partial charge < -0.3 is 30.0 Å². The summed E-state index contributed by atoms with van der Waals surface area (Å²) in [5, 5.41) is 19.7. The number of halogens is 2. The second kappa shape index (κ2) is 10.2. The standard InChI is InChI=1S/C31H32ClFN2O5/c1-38-23-15-25(39-2)28-26(16-23)40-31(19-10-12-20(32)13-11-19)24(18-6-5-7-21(33)14-18)17-27(30(28,31)37)35-29(36)34-22-8-3-4-9-22/h5-7,10-16,22,24,27,37H,3-4,8-9,17H2,1-2H3,(H2,34,35,36)/t24-,27-,30+,31-/m0/s1. The van der Waals surface area contributed by atoms with E-state index in [0.717, 1.165) is 25.7 Å². The summed E-state index contributed by atoms with van der Waals surface area (Å²) < 4.78 is 32.7. The number of nitrogens with one attached hydrogen (secondary N) is 2. The van der Waals surface area contributed by atoms with E-state index in [9.17, 15) is 14.3 Å². The van der Waals surface area contributed by atoms with E-state index in [0.29, 0.717) is 39.0 Å². The summed E-state index contributed by atoms with van der Waals surface area (Å²) in [6.07, 6.45) is 4.25. The maximum Gasteiger partial charge on any atom is 0.315 e. The first kappa shape index (κ1) is 26.7. The first-order chi connectivity index (χ1) is 19.3. The molecule has 7 nitrogen and oxygen atoms in total. The van der Waals surface area contributed by atoms with Gasteiger partial charge in [-0.3, -0.25) is 0 Å². The predicted octanol–water partition coefficient (Wildman–Crippen LogP) is 5.77. The Kier molecular flexibility index (Phi) is 6.79. The zero-order valence-electron chi connectivity index (χ0n) is 22.4. The monoisotopic (exact) mass is 566 g/mol. The molecular formula is C31H32ClFN2O5. The fraction of sp³-hybridized carbons (Fsp3) is 0.387. The Labute approximate surface area is 237 Å². The van der Waals surface area contributed by atoms with Gasteiger partial charge in [0.25, 0.3) is 0 Å². The van der Waals surface area contributed by atoms with Crippen molar-refractivity contribution in [2.45, 2.75) is 61.3 Å². The highest BCUT2D eigenvalue weighted by molar-refractivity contribution is 6.30. The summed E-state index contributed by atoms with van der Waals surface area (Å²) in [6.45, 7) is 0. The predicted molar refractivity (Wildman–Crippen MR) is 149 cm³/mol. The normalized spacial score (nSPS) is 27.0. The molecule has 0 radical (unpaired) electrons. The van der Waals surface area contributed by atoms with Gasteiger partial charge in [0.05, 0.1) is 25.8 Å². The Bertz CT molecular complexity index is 1430. The van der Waals surface area contributed by atoms with Gasteiger partial charge in [-0.15, -0.1) is 0 Å². The van der Waals surface area contributed by atoms with Gasteiger partial charge in [-0.1, -0.05) is 48.7 Å². The summed E-state index contributed by atoms with van der Waals surface area (Å²) in [5.74, 6) is 0.233. The van der Waals surface area contributed by atoms with Crippen LogP contribution in [0.2, 0.25) is 5.02 Å². The van der Waals surface area contributed by atoms with E-state index in [-0.39, 0.29) is 18.5 Å². The Morgan fingerprint density at radius 3 is 2.48 bits per heavy atom. The van der Waals surface area contributed by atoms with E-state index in [1.165, 1.54) is 26.4 Å². The van der Waals surface area contributed by atoms with Crippen LogP contribution >= 0.6 is 11.6 Å². The molecule has 3 N–H and O–H groups in total. The highest BCUT2D eigenvalue weighted by Crippen LogP contribution is 2.68. The molecule has 3 aromatic carbocycles. The van der Waals surface area contributed by atoms with Crippen LogP contribution in [0.1, 0.15) is 54.7 Å². The molecule has 0 saturated heterocycles. The molecule has 4 atom stereocenters. The van der Waals surface area contributed by atoms with Gasteiger partial charge in [-0.25, -0.2) is 9.18 Å². The van der Waals surface area contributed by atoms with Crippen molar-refractivity contribution < 1.29 is 28.5 Å². The SMILES string of the molecule is COc1cc(OC)c2c(c1)O[C@@]1(c3ccc(Cl)cc3)[C@H](c3cccc(F)c3)C[C@H](NC(=O)NC3CCCC3)[C@@]21O. The minimum absolute atomic E-state index is 0.0852. The Hall–Kier alpha value is -3.49. The van der Waals surface area contributed by atoms with Crippen molar-refractivity contribution in [2.24, 2.45) is 0 Å². The molecule has 0 unspecified atom stereocenters. The number of benzene rings is 3. The van der Waals surface area contributed by atoms with Crippen molar-refractivity contribution in [1.82, 2.24) is 10.6 Å². The van der Waals surface area contributed by atoms with E-state index in [1.807, 2.05) is 6.07 Å². The van der Waals surface area contributed by atoms with Gasteiger partial charge in [-0.05, 0) is 54.7 Å². The molecular weight excluding hydrogens is 535 g/mol. The average Bonchev–Trinajstić information content (AvgIpc) is 3.61. The number of carbonyl (C=O) groups is 1. The zero-order valence-corrected chi connectivity index (χ0v) is 23.1. The van der Waals surface area contributed by atoms with E-state index in [4.69, 9.17) is 25.8 Å². The minimum Gasteiger partial charge on any atom is -0.496 e. The number of rotatable bonds is 6. The van der Waals surface area contributed by atoms with E-state index in [2.05, 4.69) is 10.6 Å². The van der Waals surface area contributed by atoms with Gasteiger partial charge in [0.15, 0.2) is 11.2 Å². The second-order valence-corrected chi connectivity index (χ2v) is 11.2. The molecule has 2 saturated carbocycles. The van der Waals surface area contributed by atoms with Crippen LogP contribution in [-0.2, 0) is 11.2 Å². The van der Waals surface area contributed by atoms with Crippen LogP contribution in [0.4, 0.5) is 9.18 Å². The number of hydrogen-bond acceptors (Lipinski definition) is 5. The number of amides is 2. The second-order valence-electron chi connectivity index (χ2n) is 10.8. The lowest BCUT2D eigenvalue weighted by molar-refractivity contribution is -0.116. The molecule has 2 fully saturated rings. The average molecular weight is 567 g/mol. The molecule has 210 valence electrons. The summed E-state index contributed by atoms with van der Waals surface area (Å²) in [4.78, 5) is 13.3. The van der Waals surface area contributed by atoms with Crippen molar-refractivity contribution in [1.29, 1.82) is 0 Å². The molecule has 40 heavy (non-hydrogen) atoms. The zero-order chi connectivity index (χ0) is 28.1. The lowest BCUT2D eigenvalue weighted by Crippen LogP contribution is -2.58. The van der Waals surface area contributed by atoms with Crippen LogP contribution in [-0.4, -0.2) is 37.4 Å². The lowest BCUT2D eigenvalue weighted by Gasteiger charge is -2.41. The maximum atomic E-state index is 14.6. The van der Waals surface area contributed by atoms with E-state index in [1.54, 1.807) is 42.5 Å². The molecule has 1 aliphatic heterocycles. The molecule has 9 heteroatoms. The first-order valence-corrected chi connectivity index (χ1v) is 13.9. The molecule has 6 rings (SSSR count). The molecule has 0 bridgehead atoms. The fourth-order valence-electron chi connectivity index (χ4n) is 6.97. The van der Waals surface area contributed by atoms with Crippen molar-refractivity contribution in [2.75, 3.05) is 14.2 Å². The molecule has 2 amide bonds. The minimum atomic E-state index is -1.81. The number of hydrogen-bond donors (Lipinski definition) is 3. The van der Waals surface area contributed by atoms with Gasteiger partial charge in [-0.2, -0.15) is 0 Å². The number of fused-ring (bicyclic) bond motifs is 3. The summed E-state index contributed by atoms with van der Waals surface area (Å²) in [6, 6.07) is 15.6. The number of aliphatic hydroxyl groups is 1. The van der Waals surface area contributed by atoms with Crippen molar-refractivity contribution in [3.8, 4) is 17.2 Å². The van der Waals surface area contributed by atoms with Gasteiger partial charge in [0.1, 0.15) is 23.1 Å². The van der Waals surface area contributed by atoms with Crippen LogP contribution < -0.4 is 24.8 Å². The van der Waals surface area contributed by atoms with Crippen LogP contribution in [0.5, 0.6) is 17.2 Å². The molecule has 0 aromatic heterocycles. The third kappa shape index (κ3) is 4.08. The van der Waals surface area contributed by atoms with Gasteiger partial charge in [0.2, 0.25) is 0 Å². The number of ether oxygens (including phenoxy) is 3. The quantitative estimate of drug-likeness (QED) is 0.352. The van der Waals surface area contributed by atoms with Crippen molar-refractivity contribution in [3.05, 3.63) is 88.2 Å². The molecule has 3 aliphatic rings. The molecule has 1 heterocycles. The summed E-state index contributed by atoms with van der Waals surface area (Å²) in [5.41, 5.74) is -1.61. The highest BCUT2D eigenvalue weighted by atomic mass is 35.5. The molecule has 3 aromatic rings. The first-order valence-electron chi connectivity index (χ1n) is 13.6. The lowest BCUT2D eigenvalue weighted by atomic mass is 9.71. The van der Waals surface area contributed by atoms with Crippen LogP contribution in [0, 0.1) is 5.82 Å². The number of methoxy groups -OCH3 is 2. The molecule has 0 spiro atoms. The Balaban J connectivity index is 1.56. The van der Waals surface area contributed by atoms with Crippen molar-refractivity contribution >= 4 is 17.6 Å². The fourth-order valence-corrected chi connectivity index (χ4v) is 7.10. The number of urea groups is 1. The third-order valence-corrected chi connectivity index (χ3v) is 8.95. The van der Waals surface area contributed by atoms with E-state index >= 15 is 0 Å². The van der Waals surface area contributed by atoms with E-state index < -0.39 is 29.0 Å². The number of carbonyl (C=O) groups excluding carboxylic acids is 1. The van der Waals surface area contributed by atoms with Gasteiger partial charge in [0, 0.05) is 29.1 Å². The van der Waals surface area contributed by atoms with Crippen LogP contribution in [0.3, 0.4) is 0 Å². The highest BCUT2D eigenvalue weighted by Gasteiger charge is 2.74.